The molecular formula is C20H32O. The molecule has 0 saturated carbocycles. The van der Waals surface area contributed by atoms with Gasteiger partial charge in [0.15, 0.2) is 0 Å². The number of allylic oxidation sites excluding steroid dienone is 7. The molecule has 1 nitrogen and oxygen atoms in total. The predicted molar refractivity (Wildman–Crippen MR) is 95.4 cm³/mol. The van der Waals surface area contributed by atoms with Gasteiger partial charge in [0.1, 0.15) is 0 Å². The van der Waals surface area contributed by atoms with Gasteiger partial charge in [-0.2, -0.15) is 0 Å². The Morgan fingerprint density at radius 1 is 1.00 bits per heavy atom. The summed E-state index contributed by atoms with van der Waals surface area (Å²) >= 11 is 0. The molecule has 0 aromatic carbocycles. The molecule has 0 aliphatic rings. The molecule has 0 fully saturated rings. The van der Waals surface area contributed by atoms with Gasteiger partial charge in [0.2, 0.25) is 0 Å². The Bertz CT molecular complexity index is 427. The lowest BCUT2D eigenvalue weighted by Gasteiger charge is -2.11. The Labute approximate surface area is 131 Å². The predicted octanol–water partition coefficient (Wildman–Crippen LogP) is 5.90. The average molecular weight is 288 g/mol. The molecule has 118 valence electrons. The van der Waals surface area contributed by atoms with E-state index in [-0.39, 0.29) is 0 Å². The molecule has 1 heteroatoms. The number of hydrogen-bond donors (Lipinski definition) is 1. The average Bonchev–Trinajstić information content (AvgIpc) is 2.38. The van der Waals surface area contributed by atoms with Gasteiger partial charge in [-0.15, -0.1) is 0 Å². The van der Waals surface area contributed by atoms with Crippen LogP contribution in [0.2, 0.25) is 0 Å². The van der Waals surface area contributed by atoms with Crippen molar-refractivity contribution in [1.82, 2.24) is 0 Å². The van der Waals surface area contributed by atoms with E-state index in [9.17, 15) is 5.11 Å². The zero-order valence-electron chi connectivity index (χ0n) is 14.4. The van der Waals surface area contributed by atoms with Crippen LogP contribution in [0.3, 0.4) is 0 Å². The van der Waals surface area contributed by atoms with Gasteiger partial charge in [-0.05, 0) is 66.4 Å². The molecule has 0 bridgehead atoms. The van der Waals surface area contributed by atoms with Gasteiger partial charge in [-0.1, -0.05) is 53.7 Å². The summed E-state index contributed by atoms with van der Waals surface area (Å²) < 4.78 is 0. The van der Waals surface area contributed by atoms with Crippen molar-refractivity contribution in [1.29, 1.82) is 0 Å². The highest BCUT2D eigenvalue weighted by atomic mass is 16.3. The summed E-state index contributed by atoms with van der Waals surface area (Å²) in [4.78, 5) is 0. The Morgan fingerprint density at radius 3 is 2.14 bits per heavy atom. The summed E-state index contributed by atoms with van der Waals surface area (Å²) in [6, 6.07) is 0. The molecule has 1 unspecified atom stereocenters. The van der Waals surface area contributed by atoms with E-state index in [1.54, 1.807) is 13.0 Å². The second-order valence-corrected chi connectivity index (χ2v) is 6.21. The summed E-state index contributed by atoms with van der Waals surface area (Å²) in [6.45, 7) is 13.9. The van der Waals surface area contributed by atoms with Crippen LogP contribution >= 0.6 is 0 Å². The summed E-state index contributed by atoms with van der Waals surface area (Å²) in [5.41, 5.74) is 3.26. The van der Waals surface area contributed by atoms with Crippen LogP contribution in [0.15, 0.2) is 59.8 Å². The lowest BCUT2D eigenvalue weighted by atomic mass is 10.0. The van der Waals surface area contributed by atoms with Crippen molar-refractivity contribution in [3.05, 3.63) is 59.8 Å². The van der Waals surface area contributed by atoms with Crippen molar-refractivity contribution in [3.63, 3.8) is 0 Å². The molecular weight excluding hydrogens is 256 g/mol. The highest BCUT2D eigenvalue weighted by Crippen LogP contribution is 2.12. The summed E-state index contributed by atoms with van der Waals surface area (Å²) in [5, 5.41) is 9.76. The summed E-state index contributed by atoms with van der Waals surface area (Å²) in [7, 11) is 0. The van der Waals surface area contributed by atoms with Crippen LogP contribution in [0.4, 0.5) is 0 Å². The van der Waals surface area contributed by atoms with Gasteiger partial charge in [0.05, 0.1) is 5.60 Å². The van der Waals surface area contributed by atoms with Crippen LogP contribution in [0.1, 0.15) is 60.3 Å². The van der Waals surface area contributed by atoms with Crippen molar-refractivity contribution in [2.24, 2.45) is 0 Å². The van der Waals surface area contributed by atoms with Gasteiger partial charge >= 0.3 is 0 Å². The first-order valence-electron chi connectivity index (χ1n) is 7.77. The third-order valence-electron chi connectivity index (χ3n) is 3.35. The first-order valence-corrected chi connectivity index (χ1v) is 7.77. The van der Waals surface area contributed by atoms with Crippen molar-refractivity contribution >= 4 is 0 Å². The molecule has 1 N–H and O–H groups in total. The Kier molecular flexibility index (Phi) is 9.73. The minimum atomic E-state index is -0.918. The molecule has 0 amide bonds. The minimum absolute atomic E-state index is 0.918. The molecule has 0 rings (SSSR count). The topological polar surface area (TPSA) is 20.2 Å². The SMILES string of the molecule is C=CC(C)(O)/C=C/C=C(\C)CC/C=C(\C)CCC=C(C)C. The van der Waals surface area contributed by atoms with Gasteiger partial charge in [0.25, 0.3) is 0 Å². The fraction of sp³-hybridized carbons (Fsp3) is 0.500. The monoisotopic (exact) mass is 288 g/mol. The quantitative estimate of drug-likeness (QED) is 0.414. The summed E-state index contributed by atoms with van der Waals surface area (Å²) in [5.74, 6) is 0. The maximum atomic E-state index is 9.76. The van der Waals surface area contributed by atoms with E-state index in [0.717, 1.165) is 25.7 Å². The van der Waals surface area contributed by atoms with Crippen LogP contribution in [-0.4, -0.2) is 10.7 Å². The standard InChI is InChI=1S/C20H32O/c1-7-20(6,21)16-10-15-19(5)14-9-13-18(4)12-8-11-17(2)3/h7,10-11,13,15-16,21H,1,8-9,12,14H2,2-6H3/b16-10+,18-13+,19-15+. The molecule has 0 aliphatic carbocycles. The van der Waals surface area contributed by atoms with E-state index < -0.39 is 5.60 Å². The van der Waals surface area contributed by atoms with Gasteiger partial charge in [-0.25, -0.2) is 0 Å². The van der Waals surface area contributed by atoms with E-state index in [4.69, 9.17) is 0 Å². The highest BCUT2D eigenvalue weighted by molar-refractivity contribution is 5.18. The Balaban J connectivity index is 4.15. The van der Waals surface area contributed by atoms with E-state index in [0.29, 0.717) is 0 Å². The molecule has 0 aromatic rings. The van der Waals surface area contributed by atoms with Crippen molar-refractivity contribution < 1.29 is 5.11 Å². The highest BCUT2D eigenvalue weighted by Gasteiger charge is 2.07. The van der Waals surface area contributed by atoms with Crippen LogP contribution < -0.4 is 0 Å². The second kappa shape index (κ2) is 10.4. The lowest BCUT2D eigenvalue weighted by molar-refractivity contribution is 0.164. The summed E-state index contributed by atoms with van der Waals surface area (Å²) in [6.07, 6.45) is 16.3. The zero-order chi connectivity index (χ0) is 16.3. The van der Waals surface area contributed by atoms with Crippen molar-refractivity contribution in [2.75, 3.05) is 0 Å². The van der Waals surface area contributed by atoms with Gasteiger partial charge in [0, 0.05) is 0 Å². The fourth-order valence-corrected chi connectivity index (χ4v) is 1.80. The van der Waals surface area contributed by atoms with E-state index in [2.05, 4.69) is 52.5 Å². The normalized spacial score (nSPS) is 15.9. The molecule has 0 aromatic heterocycles. The maximum absolute atomic E-state index is 9.76. The van der Waals surface area contributed by atoms with Gasteiger partial charge in [-0.3, -0.25) is 0 Å². The molecule has 1 atom stereocenters. The molecule has 0 radical (unpaired) electrons. The maximum Gasteiger partial charge on any atom is 0.0980 e. The van der Waals surface area contributed by atoms with Crippen LogP contribution in [-0.2, 0) is 0 Å². The van der Waals surface area contributed by atoms with Crippen LogP contribution in [0, 0.1) is 0 Å². The molecule has 0 spiro atoms. The minimum Gasteiger partial charge on any atom is -0.382 e. The first kappa shape index (κ1) is 19.7. The van der Waals surface area contributed by atoms with Crippen molar-refractivity contribution in [3.8, 4) is 0 Å². The smallest absolute Gasteiger partial charge is 0.0980 e. The van der Waals surface area contributed by atoms with E-state index in [1.807, 2.05) is 6.08 Å². The number of rotatable bonds is 9. The van der Waals surface area contributed by atoms with Crippen LogP contribution in [0.25, 0.3) is 0 Å². The van der Waals surface area contributed by atoms with Crippen LogP contribution in [0.5, 0.6) is 0 Å². The molecule has 0 saturated heterocycles. The lowest BCUT2D eigenvalue weighted by Crippen LogP contribution is -2.15. The van der Waals surface area contributed by atoms with Crippen molar-refractivity contribution in [2.45, 2.75) is 65.9 Å². The Morgan fingerprint density at radius 2 is 1.57 bits per heavy atom. The number of aliphatic hydroxyl groups is 1. The molecule has 21 heavy (non-hydrogen) atoms. The third kappa shape index (κ3) is 12.1. The number of hydrogen-bond acceptors (Lipinski definition) is 1. The zero-order valence-corrected chi connectivity index (χ0v) is 14.4. The Hall–Kier alpha value is -1.34. The van der Waals surface area contributed by atoms with E-state index in [1.165, 1.54) is 22.8 Å². The van der Waals surface area contributed by atoms with E-state index >= 15 is 0 Å². The second-order valence-electron chi connectivity index (χ2n) is 6.21. The molecule has 0 heterocycles. The largest absolute Gasteiger partial charge is 0.382 e. The fourth-order valence-electron chi connectivity index (χ4n) is 1.80. The molecule has 0 aliphatic heterocycles. The van der Waals surface area contributed by atoms with Gasteiger partial charge < -0.3 is 5.11 Å². The third-order valence-corrected chi connectivity index (χ3v) is 3.35. The first-order chi connectivity index (χ1) is 9.76.